The summed E-state index contributed by atoms with van der Waals surface area (Å²) in [5, 5.41) is 4.20. The van der Waals surface area contributed by atoms with Crippen molar-refractivity contribution < 1.29 is 9.53 Å². The fourth-order valence-electron chi connectivity index (χ4n) is 1.83. The van der Waals surface area contributed by atoms with Crippen LogP contribution in [0.4, 0.5) is 10.6 Å². The Balaban J connectivity index is 2.27. The lowest BCUT2D eigenvalue weighted by molar-refractivity contribution is 0.0518. The number of carbonyl (C=O) groups is 1. The SMILES string of the molecule is Cc1ccc(Sc2c(C)nn(C(=O)OC(C)(C)C)c2N)cc1. The predicted molar refractivity (Wildman–Crippen MR) is 88.3 cm³/mol. The lowest BCUT2D eigenvalue weighted by atomic mass is 10.2. The van der Waals surface area contributed by atoms with Gasteiger partial charge >= 0.3 is 6.09 Å². The van der Waals surface area contributed by atoms with E-state index in [0.717, 1.165) is 14.5 Å². The van der Waals surface area contributed by atoms with Gasteiger partial charge in [0.25, 0.3) is 0 Å². The number of anilines is 1. The van der Waals surface area contributed by atoms with E-state index in [0.29, 0.717) is 11.5 Å². The quantitative estimate of drug-likeness (QED) is 0.905. The highest BCUT2D eigenvalue weighted by molar-refractivity contribution is 7.99. The third kappa shape index (κ3) is 3.82. The molecule has 0 fully saturated rings. The summed E-state index contributed by atoms with van der Waals surface area (Å²) in [6.45, 7) is 9.28. The standard InChI is InChI=1S/C16H21N3O2S/c1-10-6-8-12(9-7-10)22-13-11(2)18-19(14(13)17)15(20)21-16(3,4)5/h6-9H,17H2,1-5H3. The van der Waals surface area contributed by atoms with E-state index in [1.165, 1.54) is 17.3 Å². The largest absolute Gasteiger partial charge is 0.442 e. The molecule has 1 aromatic carbocycles. The van der Waals surface area contributed by atoms with Gasteiger partial charge in [0.1, 0.15) is 11.4 Å². The summed E-state index contributed by atoms with van der Waals surface area (Å²) in [5.74, 6) is 0.303. The zero-order valence-corrected chi connectivity index (χ0v) is 14.3. The van der Waals surface area contributed by atoms with E-state index in [1.54, 1.807) is 20.8 Å². The number of nitrogens with zero attached hydrogens (tertiary/aromatic N) is 2. The fraction of sp³-hybridized carbons (Fsp3) is 0.375. The molecule has 0 aliphatic heterocycles. The molecule has 2 N–H and O–H groups in total. The van der Waals surface area contributed by atoms with Gasteiger partial charge in [0.2, 0.25) is 0 Å². The first kappa shape index (κ1) is 16.4. The van der Waals surface area contributed by atoms with Crippen molar-refractivity contribution in [3.63, 3.8) is 0 Å². The molecule has 2 aromatic rings. The number of hydrogen-bond acceptors (Lipinski definition) is 5. The van der Waals surface area contributed by atoms with Gasteiger partial charge < -0.3 is 10.5 Å². The number of rotatable bonds is 2. The second kappa shape index (κ2) is 6.04. The summed E-state index contributed by atoms with van der Waals surface area (Å²) in [6, 6.07) is 8.10. The van der Waals surface area contributed by atoms with Gasteiger partial charge in [-0.3, -0.25) is 0 Å². The van der Waals surface area contributed by atoms with E-state index in [9.17, 15) is 4.79 Å². The molecule has 1 heterocycles. The third-order valence-corrected chi connectivity index (χ3v) is 4.06. The van der Waals surface area contributed by atoms with Crippen LogP contribution in [0.3, 0.4) is 0 Å². The Morgan fingerprint density at radius 2 is 1.82 bits per heavy atom. The topological polar surface area (TPSA) is 70.1 Å². The number of aryl methyl sites for hydroxylation is 2. The summed E-state index contributed by atoms with van der Waals surface area (Å²) in [5.41, 5.74) is 7.39. The third-order valence-electron chi connectivity index (χ3n) is 2.85. The van der Waals surface area contributed by atoms with Gasteiger partial charge in [0.05, 0.1) is 10.6 Å². The lowest BCUT2D eigenvalue weighted by Gasteiger charge is -2.19. The Morgan fingerprint density at radius 1 is 1.23 bits per heavy atom. The van der Waals surface area contributed by atoms with Crippen LogP contribution in [0.25, 0.3) is 0 Å². The maximum Gasteiger partial charge on any atom is 0.437 e. The molecule has 0 atom stereocenters. The Bertz CT molecular complexity index is 685. The van der Waals surface area contributed by atoms with Gasteiger partial charge in [-0.15, -0.1) is 4.68 Å². The maximum absolute atomic E-state index is 12.1. The smallest absolute Gasteiger partial charge is 0.437 e. The number of nitrogen functional groups attached to an aromatic ring is 1. The van der Waals surface area contributed by atoms with Crippen LogP contribution in [0, 0.1) is 13.8 Å². The minimum Gasteiger partial charge on any atom is -0.442 e. The molecule has 2 rings (SSSR count). The van der Waals surface area contributed by atoms with E-state index in [1.807, 2.05) is 38.1 Å². The molecule has 5 nitrogen and oxygen atoms in total. The number of hydrogen-bond donors (Lipinski definition) is 1. The lowest BCUT2D eigenvalue weighted by Crippen LogP contribution is -2.28. The predicted octanol–water partition coefficient (Wildman–Crippen LogP) is 4.02. The zero-order chi connectivity index (χ0) is 16.5. The molecular weight excluding hydrogens is 298 g/mol. The number of aromatic nitrogens is 2. The summed E-state index contributed by atoms with van der Waals surface area (Å²) < 4.78 is 6.43. The van der Waals surface area contributed by atoms with E-state index in [2.05, 4.69) is 5.10 Å². The van der Waals surface area contributed by atoms with Crippen molar-refractivity contribution in [3.8, 4) is 0 Å². The molecule has 0 bridgehead atoms. The monoisotopic (exact) mass is 319 g/mol. The van der Waals surface area contributed by atoms with Crippen LogP contribution >= 0.6 is 11.8 Å². The average molecular weight is 319 g/mol. The minimum absolute atomic E-state index is 0.303. The zero-order valence-electron chi connectivity index (χ0n) is 13.5. The van der Waals surface area contributed by atoms with Crippen molar-refractivity contribution in [1.82, 2.24) is 9.78 Å². The van der Waals surface area contributed by atoms with Crippen LogP contribution in [0.15, 0.2) is 34.1 Å². The van der Waals surface area contributed by atoms with Crippen molar-refractivity contribution in [2.24, 2.45) is 0 Å². The van der Waals surface area contributed by atoms with Gasteiger partial charge in [-0.05, 0) is 46.8 Å². The highest BCUT2D eigenvalue weighted by atomic mass is 32.2. The summed E-state index contributed by atoms with van der Waals surface area (Å²) in [6.07, 6.45) is -0.566. The molecular formula is C16H21N3O2S. The van der Waals surface area contributed by atoms with Crippen molar-refractivity contribution >= 4 is 23.7 Å². The van der Waals surface area contributed by atoms with E-state index in [4.69, 9.17) is 10.5 Å². The van der Waals surface area contributed by atoms with Crippen LogP contribution in [0.5, 0.6) is 0 Å². The molecule has 0 aliphatic carbocycles. The summed E-state index contributed by atoms with van der Waals surface area (Å²) >= 11 is 1.49. The number of ether oxygens (including phenoxy) is 1. The molecule has 0 saturated heterocycles. The number of carbonyl (C=O) groups excluding carboxylic acids is 1. The van der Waals surface area contributed by atoms with E-state index in [-0.39, 0.29) is 0 Å². The molecule has 0 unspecified atom stereocenters. The Kier molecular flexibility index (Phi) is 4.51. The van der Waals surface area contributed by atoms with Crippen molar-refractivity contribution in [2.45, 2.75) is 50.0 Å². The average Bonchev–Trinajstić information content (AvgIpc) is 2.67. The Labute approximate surface area is 134 Å². The van der Waals surface area contributed by atoms with Crippen molar-refractivity contribution in [2.75, 3.05) is 5.73 Å². The number of nitrogens with two attached hydrogens (primary N) is 1. The van der Waals surface area contributed by atoms with E-state index >= 15 is 0 Å². The molecule has 22 heavy (non-hydrogen) atoms. The van der Waals surface area contributed by atoms with E-state index < -0.39 is 11.7 Å². The molecule has 118 valence electrons. The highest BCUT2D eigenvalue weighted by Gasteiger charge is 2.23. The van der Waals surface area contributed by atoms with Crippen LogP contribution < -0.4 is 5.73 Å². The molecule has 0 radical (unpaired) electrons. The molecule has 6 heteroatoms. The van der Waals surface area contributed by atoms with Crippen LogP contribution in [0.1, 0.15) is 32.0 Å². The second-order valence-electron chi connectivity index (χ2n) is 6.11. The first-order chi connectivity index (χ1) is 10.2. The molecule has 0 amide bonds. The Morgan fingerprint density at radius 3 is 2.36 bits per heavy atom. The fourth-order valence-corrected chi connectivity index (χ4v) is 2.71. The molecule has 0 spiro atoms. The van der Waals surface area contributed by atoms with Gasteiger partial charge in [-0.25, -0.2) is 4.79 Å². The molecule has 0 saturated carbocycles. The molecule has 0 aliphatic rings. The van der Waals surface area contributed by atoms with Crippen LogP contribution in [-0.4, -0.2) is 21.5 Å². The van der Waals surface area contributed by atoms with Crippen LogP contribution in [0.2, 0.25) is 0 Å². The number of benzene rings is 1. The summed E-state index contributed by atoms with van der Waals surface area (Å²) in [4.78, 5) is 14.0. The van der Waals surface area contributed by atoms with Crippen molar-refractivity contribution in [3.05, 3.63) is 35.5 Å². The van der Waals surface area contributed by atoms with Gasteiger partial charge in [0.15, 0.2) is 0 Å². The van der Waals surface area contributed by atoms with Crippen LogP contribution in [-0.2, 0) is 4.74 Å². The highest BCUT2D eigenvalue weighted by Crippen LogP contribution is 2.34. The minimum atomic E-state index is -0.590. The van der Waals surface area contributed by atoms with Crippen molar-refractivity contribution in [1.29, 1.82) is 0 Å². The first-order valence-corrected chi connectivity index (χ1v) is 7.82. The summed E-state index contributed by atoms with van der Waals surface area (Å²) in [7, 11) is 0. The first-order valence-electron chi connectivity index (χ1n) is 7.00. The van der Waals surface area contributed by atoms with Gasteiger partial charge in [-0.1, -0.05) is 29.5 Å². The van der Waals surface area contributed by atoms with Gasteiger partial charge in [0, 0.05) is 4.90 Å². The molecule has 1 aromatic heterocycles. The van der Waals surface area contributed by atoms with Gasteiger partial charge in [-0.2, -0.15) is 5.10 Å². The normalized spacial score (nSPS) is 11.5. The Hall–Kier alpha value is -1.95. The second-order valence-corrected chi connectivity index (χ2v) is 7.19. The maximum atomic E-state index is 12.1.